The summed E-state index contributed by atoms with van der Waals surface area (Å²) in [5.74, 6) is -0.945. The van der Waals surface area contributed by atoms with Gasteiger partial charge in [-0.2, -0.15) is 0 Å². The number of carbonyl (C=O) groups excluding carboxylic acids is 1. The number of benzene rings is 1. The molecule has 1 atom stereocenters. The molecule has 0 aliphatic heterocycles. The van der Waals surface area contributed by atoms with Gasteiger partial charge >= 0.3 is 5.97 Å². The predicted molar refractivity (Wildman–Crippen MR) is 91.3 cm³/mol. The first-order valence-corrected chi connectivity index (χ1v) is 7.94. The number of rotatable bonds is 8. The zero-order valence-corrected chi connectivity index (χ0v) is 15.0. The quantitative estimate of drug-likeness (QED) is 0.761. The fourth-order valence-electron chi connectivity index (χ4n) is 1.98. The van der Waals surface area contributed by atoms with Crippen LogP contribution in [0.5, 0.6) is 5.75 Å². The van der Waals surface area contributed by atoms with Crippen LogP contribution in [0.15, 0.2) is 18.2 Å². The number of hydrogen-bond donors (Lipinski definition) is 2. The van der Waals surface area contributed by atoms with Crippen molar-refractivity contribution < 1.29 is 24.2 Å². The molecule has 6 nitrogen and oxygen atoms in total. The van der Waals surface area contributed by atoms with Gasteiger partial charge in [-0.1, -0.05) is 12.1 Å². The Labute approximate surface area is 143 Å². The minimum atomic E-state index is -1.09. The fourth-order valence-corrected chi connectivity index (χ4v) is 1.98. The van der Waals surface area contributed by atoms with Crippen molar-refractivity contribution in [2.75, 3.05) is 13.2 Å². The third-order valence-electron chi connectivity index (χ3n) is 3.28. The molecule has 134 valence electrons. The molecule has 1 aromatic rings. The number of ether oxygens (including phenoxy) is 2. The van der Waals surface area contributed by atoms with Crippen molar-refractivity contribution in [2.24, 2.45) is 0 Å². The van der Waals surface area contributed by atoms with E-state index < -0.39 is 17.9 Å². The van der Waals surface area contributed by atoms with Crippen LogP contribution >= 0.6 is 0 Å². The van der Waals surface area contributed by atoms with Gasteiger partial charge in [0.25, 0.3) is 5.91 Å². The third-order valence-corrected chi connectivity index (χ3v) is 3.28. The lowest BCUT2D eigenvalue weighted by Crippen LogP contribution is -2.44. The van der Waals surface area contributed by atoms with E-state index in [2.05, 4.69) is 5.32 Å². The maximum Gasteiger partial charge on any atom is 0.326 e. The fraction of sp³-hybridized carbons (Fsp3) is 0.556. The number of carboxylic acids is 1. The molecule has 0 fully saturated rings. The Hall–Kier alpha value is -2.08. The molecule has 24 heavy (non-hydrogen) atoms. The second-order valence-electron chi connectivity index (χ2n) is 6.77. The molecule has 2 N–H and O–H groups in total. The van der Waals surface area contributed by atoms with Gasteiger partial charge in [-0.3, -0.25) is 4.79 Å². The minimum Gasteiger partial charge on any atom is -0.483 e. The molecule has 0 spiro atoms. The average molecular weight is 337 g/mol. The Morgan fingerprint density at radius 1 is 1.25 bits per heavy atom. The molecule has 0 saturated heterocycles. The van der Waals surface area contributed by atoms with E-state index in [9.17, 15) is 14.7 Å². The lowest BCUT2D eigenvalue weighted by Gasteiger charge is -2.21. The van der Waals surface area contributed by atoms with Crippen molar-refractivity contribution in [3.05, 3.63) is 29.3 Å². The van der Waals surface area contributed by atoms with Crippen molar-refractivity contribution in [3.63, 3.8) is 0 Å². The maximum absolute atomic E-state index is 11.9. The summed E-state index contributed by atoms with van der Waals surface area (Å²) in [5.41, 5.74) is 1.60. The highest BCUT2D eigenvalue weighted by Gasteiger charge is 2.21. The lowest BCUT2D eigenvalue weighted by molar-refractivity contribution is -0.143. The molecule has 6 heteroatoms. The van der Waals surface area contributed by atoms with E-state index in [0.29, 0.717) is 5.75 Å². The van der Waals surface area contributed by atoms with Crippen molar-refractivity contribution in [2.45, 2.75) is 52.7 Å². The van der Waals surface area contributed by atoms with Crippen LogP contribution in [0.25, 0.3) is 0 Å². The zero-order valence-electron chi connectivity index (χ0n) is 15.0. The van der Waals surface area contributed by atoms with Gasteiger partial charge in [0.2, 0.25) is 0 Å². The number of carboxylic acid groups (broad SMARTS) is 1. The number of aryl methyl sites for hydroxylation is 2. The van der Waals surface area contributed by atoms with Crippen LogP contribution in [0.3, 0.4) is 0 Å². The van der Waals surface area contributed by atoms with Gasteiger partial charge in [-0.25, -0.2) is 4.79 Å². The smallest absolute Gasteiger partial charge is 0.326 e. The summed E-state index contributed by atoms with van der Waals surface area (Å²) in [6, 6.07) is 4.71. The van der Waals surface area contributed by atoms with Crippen LogP contribution < -0.4 is 10.1 Å². The molecule has 0 aromatic heterocycles. The van der Waals surface area contributed by atoms with Crippen LogP contribution in [-0.2, 0) is 14.3 Å². The Balaban J connectivity index is 2.50. The Kier molecular flexibility index (Phi) is 7.22. The lowest BCUT2D eigenvalue weighted by atomic mass is 10.1. The first-order chi connectivity index (χ1) is 11.1. The summed E-state index contributed by atoms with van der Waals surface area (Å²) in [4.78, 5) is 23.2. The van der Waals surface area contributed by atoms with Crippen LogP contribution in [0.1, 0.15) is 38.3 Å². The van der Waals surface area contributed by atoms with E-state index >= 15 is 0 Å². The van der Waals surface area contributed by atoms with Crippen molar-refractivity contribution >= 4 is 11.9 Å². The molecule has 0 heterocycles. The van der Waals surface area contributed by atoms with E-state index in [1.54, 1.807) is 0 Å². The van der Waals surface area contributed by atoms with Crippen molar-refractivity contribution in [3.8, 4) is 5.75 Å². The number of hydrogen-bond acceptors (Lipinski definition) is 4. The molecule has 0 radical (unpaired) electrons. The van der Waals surface area contributed by atoms with Crippen LogP contribution in [0.4, 0.5) is 0 Å². The summed E-state index contributed by atoms with van der Waals surface area (Å²) in [7, 11) is 0. The first-order valence-electron chi connectivity index (χ1n) is 7.94. The van der Waals surface area contributed by atoms with Crippen LogP contribution in [0, 0.1) is 13.8 Å². The van der Waals surface area contributed by atoms with E-state index in [0.717, 1.165) is 11.1 Å². The third kappa shape index (κ3) is 7.46. The number of nitrogens with one attached hydrogen (secondary N) is 1. The standard InChI is InChI=1S/C18H27NO5/c1-12-6-7-13(2)15(10-12)23-11-16(20)19-14(17(21)22)8-9-24-18(3,4)5/h6-7,10,14H,8-9,11H2,1-5H3,(H,19,20)(H,21,22). The summed E-state index contributed by atoms with van der Waals surface area (Å²) >= 11 is 0. The molecular weight excluding hydrogens is 310 g/mol. The number of carbonyl (C=O) groups is 2. The van der Waals surface area contributed by atoms with E-state index in [-0.39, 0.29) is 25.2 Å². The maximum atomic E-state index is 11.9. The van der Waals surface area contributed by atoms with Gasteiger partial charge in [0, 0.05) is 13.0 Å². The van der Waals surface area contributed by atoms with Gasteiger partial charge in [-0.05, 0) is 51.8 Å². The molecule has 0 aliphatic carbocycles. The molecule has 1 rings (SSSR count). The Morgan fingerprint density at radius 3 is 2.50 bits per heavy atom. The van der Waals surface area contributed by atoms with Gasteiger partial charge in [0.15, 0.2) is 6.61 Å². The van der Waals surface area contributed by atoms with E-state index in [4.69, 9.17) is 9.47 Å². The monoisotopic (exact) mass is 337 g/mol. The highest BCUT2D eigenvalue weighted by atomic mass is 16.5. The topological polar surface area (TPSA) is 84.9 Å². The molecule has 1 aromatic carbocycles. The van der Waals surface area contributed by atoms with Crippen LogP contribution in [0.2, 0.25) is 0 Å². The minimum absolute atomic E-state index is 0.196. The molecule has 1 amide bonds. The summed E-state index contributed by atoms with van der Waals surface area (Å²) in [6.45, 7) is 9.50. The highest BCUT2D eigenvalue weighted by molar-refractivity contribution is 5.84. The molecular formula is C18H27NO5. The Morgan fingerprint density at radius 2 is 1.92 bits per heavy atom. The molecule has 0 aliphatic rings. The van der Waals surface area contributed by atoms with E-state index in [1.807, 2.05) is 52.8 Å². The van der Waals surface area contributed by atoms with E-state index in [1.165, 1.54) is 0 Å². The second kappa shape index (κ2) is 8.68. The van der Waals surface area contributed by atoms with Crippen molar-refractivity contribution in [1.29, 1.82) is 0 Å². The summed E-state index contributed by atoms with van der Waals surface area (Å²) in [6.07, 6.45) is 0.196. The highest BCUT2D eigenvalue weighted by Crippen LogP contribution is 2.18. The summed E-state index contributed by atoms with van der Waals surface area (Å²) in [5, 5.41) is 11.7. The number of aliphatic carboxylic acids is 1. The van der Waals surface area contributed by atoms with Crippen LogP contribution in [-0.4, -0.2) is 41.8 Å². The van der Waals surface area contributed by atoms with Crippen molar-refractivity contribution in [1.82, 2.24) is 5.32 Å². The largest absolute Gasteiger partial charge is 0.483 e. The van der Waals surface area contributed by atoms with Gasteiger partial charge in [0.05, 0.1) is 5.60 Å². The number of amides is 1. The normalized spacial score (nSPS) is 12.5. The zero-order chi connectivity index (χ0) is 18.3. The van der Waals surface area contributed by atoms with Gasteiger partial charge in [-0.15, -0.1) is 0 Å². The molecule has 0 bridgehead atoms. The first kappa shape index (κ1) is 20.0. The summed E-state index contributed by atoms with van der Waals surface area (Å²) < 4.78 is 11.0. The SMILES string of the molecule is Cc1ccc(C)c(OCC(=O)NC(CCOC(C)(C)C)C(=O)O)c1. The molecule has 1 unspecified atom stereocenters. The van der Waals surface area contributed by atoms with Gasteiger partial charge < -0.3 is 19.9 Å². The molecule has 0 saturated carbocycles. The second-order valence-corrected chi connectivity index (χ2v) is 6.77. The predicted octanol–water partition coefficient (Wildman–Crippen LogP) is 2.46. The Bertz CT molecular complexity index is 577. The van der Waals surface area contributed by atoms with Gasteiger partial charge in [0.1, 0.15) is 11.8 Å². The average Bonchev–Trinajstić information content (AvgIpc) is 2.45.